The molecule has 2 aromatic rings. The number of Topliss-reactive ketones (excluding diaryl/α,β-unsaturated/α-hetero) is 1. The lowest BCUT2D eigenvalue weighted by Crippen LogP contribution is -2.17. The molecule has 2 nitrogen and oxygen atoms in total. The predicted molar refractivity (Wildman–Crippen MR) is 75.3 cm³/mol. The predicted octanol–water partition coefficient (Wildman–Crippen LogP) is 4.77. The van der Waals surface area contributed by atoms with Crippen LogP contribution in [0.3, 0.4) is 0 Å². The Labute approximate surface area is 127 Å². The van der Waals surface area contributed by atoms with E-state index in [2.05, 4.69) is 20.7 Å². The highest BCUT2D eigenvalue weighted by atomic mass is 79.9. The van der Waals surface area contributed by atoms with Crippen molar-refractivity contribution < 1.29 is 22.7 Å². The number of carbonyl (C=O) groups is 1. The third-order valence-electron chi connectivity index (χ3n) is 2.67. The average molecular weight is 359 g/mol. The highest BCUT2D eigenvalue weighted by Gasteiger charge is 2.30. The summed E-state index contributed by atoms with van der Waals surface area (Å²) in [7, 11) is 0. The highest BCUT2D eigenvalue weighted by Crippen LogP contribution is 2.23. The van der Waals surface area contributed by atoms with E-state index in [4.69, 9.17) is 0 Å². The lowest BCUT2D eigenvalue weighted by molar-refractivity contribution is -0.274. The molecule has 21 heavy (non-hydrogen) atoms. The van der Waals surface area contributed by atoms with Crippen molar-refractivity contribution in [2.75, 3.05) is 0 Å². The van der Waals surface area contributed by atoms with Crippen LogP contribution in [0.1, 0.15) is 15.9 Å². The molecule has 0 heterocycles. The summed E-state index contributed by atoms with van der Waals surface area (Å²) in [6.07, 6.45) is -4.60. The van der Waals surface area contributed by atoms with Crippen LogP contribution in [0.4, 0.5) is 13.2 Å². The molecule has 0 fully saturated rings. The number of benzene rings is 2. The molecule has 2 aromatic carbocycles. The van der Waals surface area contributed by atoms with Crippen LogP contribution in [0.5, 0.6) is 5.75 Å². The van der Waals surface area contributed by atoms with Gasteiger partial charge in [0.2, 0.25) is 0 Å². The van der Waals surface area contributed by atoms with Gasteiger partial charge in [0, 0.05) is 16.5 Å². The first-order valence-electron chi connectivity index (χ1n) is 5.97. The Balaban J connectivity index is 2.05. The van der Waals surface area contributed by atoms with Gasteiger partial charge in [-0.05, 0) is 29.8 Å². The SMILES string of the molecule is O=C(Cc1ccc(OC(F)(F)F)cc1)c1cccc(Br)c1. The van der Waals surface area contributed by atoms with E-state index in [-0.39, 0.29) is 18.0 Å². The zero-order valence-corrected chi connectivity index (χ0v) is 12.2. The van der Waals surface area contributed by atoms with Crippen molar-refractivity contribution in [3.8, 4) is 5.75 Å². The number of hydrogen-bond acceptors (Lipinski definition) is 2. The second-order valence-corrected chi connectivity index (χ2v) is 5.22. The number of rotatable bonds is 4. The van der Waals surface area contributed by atoms with E-state index < -0.39 is 6.36 Å². The van der Waals surface area contributed by atoms with Crippen molar-refractivity contribution in [2.24, 2.45) is 0 Å². The van der Waals surface area contributed by atoms with Gasteiger partial charge in [0.05, 0.1) is 0 Å². The molecule has 0 N–H and O–H groups in total. The summed E-state index contributed by atoms with van der Waals surface area (Å²) >= 11 is 3.28. The summed E-state index contributed by atoms with van der Waals surface area (Å²) in [5, 5.41) is 0. The van der Waals surface area contributed by atoms with Gasteiger partial charge in [-0.2, -0.15) is 0 Å². The third kappa shape index (κ3) is 4.90. The standard InChI is InChI=1S/C15H10BrF3O2/c16-12-3-1-2-11(9-12)14(20)8-10-4-6-13(7-5-10)21-15(17,18)19/h1-7,9H,8H2. The van der Waals surface area contributed by atoms with Crippen molar-refractivity contribution in [3.05, 3.63) is 64.1 Å². The summed E-state index contributed by atoms with van der Waals surface area (Å²) in [6.45, 7) is 0. The third-order valence-corrected chi connectivity index (χ3v) is 3.16. The number of ether oxygens (including phenoxy) is 1. The number of ketones is 1. The zero-order valence-electron chi connectivity index (χ0n) is 10.7. The Kier molecular flexibility index (Phi) is 4.67. The van der Waals surface area contributed by atoms with E-state index in [1.807, 2.05) is 0 Å². The molecule has 0 unspecified atom stereocenters. The largest absolute Gasteiger partial charge is 0.573 e. The van der Waals surface area contributed by atoms with Crippen molar-refractivity contribution in [1.82, 2.24) is 0 Å². The Morgan fingerprint density at radius 3 is 2.33 bits per heavy atom. The lowest BCUT2D eigenvalue weighted by Gasteiger charge is -2.09. The molecule has 110 valence electrons. The molecule has 0 saturated carbocycles. The van der Waals surface area contributed by atoms with E-state index in [1.54, 1.807) is 24.3 Å². The topological polar surface area (TPSA) is 26.3 Å². The quantitative estimate of drug-likeness (QED) is 0.735. The maximum atomic E-state index is 12.0. The molecule has 0 aliphatic rings. The minimum absolute atomic E-state index is 0.110. The van der Waals surface area contributed by atoms with E-state index in [0.717, 1.165) is 4.47 Å². The zero-order chi connectivity index (χ0) is 15.5. The first-order valence-corrected chi connectivity index (χ1v) is 6.76. The van der Waals surface area contributed by atoms with Gasteiger partial charge >= 0.3 is 6.36 Å². The van der Waals surface area contributed by atoms with Crippen molar-refractivity contribution >= 4 is 21.7 Å². The number of hydrogen-bond donors (Lipinski definition) is 0. The van der Waals surface area contributed by atoms with Gasteiger partial charge in [0.25, 0.3) is 0 Å². The van der Waals surface area contributed by atoms with Crippen molar-refractivity contribution in [3.63, 3.8) is 0 Å². The minimum atomic E-state index is -4.71. The number of alkyl halides is 3. The van der Waals surface area contributed by atoms with Gasteiger partial charge in [0.1, 0.15) is 5.75 Å². The Hall–Kier alpha value is -1.82. The van der Waals surface area contributed by atoms with Gasteiger partial charge in [-0.15, -0.1) is 13.2 Å². The molecule has 0 radical (unpaired) electrons. The maximum Gasteiger partial charge on any atom is 0.573 e. The fourth-order valence-electron chi connectivity index (χ4n) is 1.76. The molecular formula is C15H10BrF3O2. The van der Waals surface area contributed by atoms with Crippen molar-refractivity contribution in [2.45, 2.75) is 12.8 Å². The van der Waals surface area contributed by atoms with E-state index >= 15 is 0 Å². The molecule has 0 saturated heterocycles. The molecule has 2 rings (SSSR count). The normalized spacial score (nSPS) is 11.2. The molecule has 6 heteroatoms. The van der Waals surface area contributed by atoms with Crippen LogP contribution in [0.25, 0.3) is 0 Å². The monoisotopic (exact) mass is 358 g/mol. The molecule has 0 aliphatic carbocycles. The van der Waals surface area contributed by atoms with Crippen molar-refractivity contribution in [1.29, 1.82) is 0 Å². The highest BCUT2D eigenvalue weighted by molar-refractivity contribution is 9.10. The van der Waals surface area contributed by atoms with Gasteiger partial charge < -0.3 is 4.74 Å². The maximum absolute atomic E-state index is 12.0. The van der Waals surface area contributed by atoms with Gasteiger partial charge in [-0.1, -0.05) is 40.2 Å². The van der Waals surface area contributed by atoms with E-state index in [9.17, 15) is 18.0 Å². The molecule has 0 bridgehead atoms. The second-order valence-electron chi connectivity index (χ2n) is 4.30. The first kappa shape index (κ1) is 15.6. The molecule has 0 amide bonds. The molecular weight excluding hydrogens is 349 g/mol. The summed E-state index contributed by atoms with van der Waals surface area (Å²) in [4.78, 5) is 12.0. The van der Waals surface area contributed by atoms with Crippen LogP contribution in [0, 0.1) is 0 Å². The van der Waals surface area contributed by atoms with Gasteiger partial charge in [-0.25, -0.2) is 0 Å². The number of halogens is 4. The lowest BCUT2D eigenvalue weighted by atomic mass is 10.0. The molecule has 0 spiro atoms. The Bertz CT molecular complexity index is 636. The summed E-state index contributed by atoms with van der Waals surface area (Å²) < 4.78 is 40.7. The van der Waals surface area contributed by atoms with Crippen LogP contribution in [-0.4, -0.2) is 12.1 Å². The van der Waals surface area contributed by atoms with Crippen LogP contribution >= 0.6 is 15.9 Å². The Morgan fingerprint density at radius 2 is 1.76 bits per heavy atom. The second kappa shape index (κ2) is 6.30. The smallest absolute Gasteiger partial charge is 0.406 e. The van der Waals surface area contributed by atoms with E-state index in [0.29, 0.717) is 11.1 Å². The fraction of sp³-hybridized carbons (Fsp3) is 0.133. The first-order chi connectivity index (χ1) is 9.83. The van der Waals surface area contributed by atoms with Crippen LogP contribution in [0.15, 0.2) is 53.0 Å². The summed E-state index contributed by atoms with van der Waals surface area (Å²) in [5.74, 6) is -0.415. The van der Waals surface area contributed by atoms with Gasteiger partial charge in [-0.3, -0.25) is 4.79 Å². The molecule has 0 aromatic heterocycles. The van der Waals surface area contributed by atoms with Crippen LogP contribution in [0.2, 0.25) is 0 Å². The summed E-state index contributed by atoms with van der Waals surface area (Å²) in [6, 6.07) is 12.2. The Morgan fingerprint density at radius 1 is 1.10 bits per heavy atom. The van der Waals surface area contributed by atoms with E-state index in [1.165, 1.54) is 24.3 Å². The molecule has 0 atom stereocenters. The van der Waals surface area contributed by atoms with Gasteiger partial charge in [0.15, 0.2) is 5.78 Å². The van der Waals surface area contributed by atoms with Crippen LogP contribution in [-0.2, 0) is 6.42 Å². The summed E-state index contributed by atoms with van der Waals surface area (Å²) in [5.41, 5.74) is 1.16. The van der Waals surface area contributed by atoms with Crippen LogP contribution < -0.4 is 4.74 Å². The minimum Gasteiger partial charge on any atom is -0.406 e. The average Bonchev–Trinajstić information content (AvgIpc) is 2.39. The fourth-order valence-corrected chi connectivity index (χ4v) is 2.16. The molecule has 0 aliphatic heterocycles. The number of carbonyl (C=O) groups excluding carboxylic acids is 1.